The first kappa shape index (κ1) is 15.4. The molecule has 118 valence electrons. The summed E-state index contributed by atoms with van der Waals surface area (Å²) in [6.07, 6.45) is 0.764. The molecule has 0 spiro atoms. The van der Waals surface area contributed by atoms with Crippen molar-refractivity contribution < 1.29 is 4.42 Å². The van der Waals surface area contributed by atoms with E-state index in [-0.39, 0.29) is 0 Å². The van der Waals surface area contributed by atoms with Crippen LogP contribution in [0.5, 0.6) is 0 Å². The van der Waals surface area contributed by atoms with Crippen LogP contribution >= 0.6 is 0 Å². The average molecular weight is 307 g/mol. The third-order valence-electron chi connectivity index (χ3n) is 3.83. The summed E-state index contributed by atoms with van der Waals surface area (Å²) in [5.41, 5.74) is 2.28. The summed E-state index contributed by atoms with van der Waals surface area (Å²) < 4.78 is 5.77. The van der Waals surface area contributed by atoms with Gasteiger partial charge in [-0.05, 0) is 24.2 Å². The molecule has 0 amide bonds. The Morgan fingerprint density at radius 1 is 0.913 bits per heavy atom. The first-order valence-electron chi connectivity index (χ1n) is 7.99. The summed E-state index contributed by atoms with van der Waals surface area (Å²) in [5.74, 6) is 1.28. The predicted molar refractivity (Wildman–Crippen MR) is 90.8 cm³/mol. The molecule has 3 aromatic rings. The summed E-state index contributed by atoms with van der Waals surface area (Å²) in [4.78, 5) is 2.38. The van der Waals surface area contributed by atoms with Crippen LogP contribution < -0.4 is 0 Å². The first-order chi connectivity index (χ1) is 11.3. The molecule has 0 radical (unpaired) electrons. The number of rotatable bonds is 7. The van der Waals surface area contributed by atoms with Gasteiger partial charge in [0.2, 0.25) is 11.8 Å². The van der Waals surface area contributed by atoms with Gasteiger partial charge in [-0.15, -0.1) is 10.2 Å². The number of aromatic nitrogens is 2. The Morgan fingerprint density at radius 2 is 1.61 bits per heavy atom. The lowest BCUT2D eigenvalue weighted by Gasteiger charge is -2.19. The van der Waals surface area contributed by atoms with E-state index in [1.165, 1.54) is 5.56 Å². The van der Waals surface area contributed by atoms with Crippen molar-refractivity contribution in [2.24, 2.45) is 0 Å². The van der Waals surface area contributed by atoms with Gasteiger partial charge in [0, 0.05) is 25.1 Å². The molecule has 0 unspecified atom stereocenters. The van der Waals surface area contributed by atoms with Crippen molar-refractivity contribution >= 4 is 0 Å². The van der Waals surface area contributed by atoms with Crippen molar-refractivity contribution in [1.29, 1.82) is 0 Å². The molecule has 0 aliphatic heterocycles. The van der Waals surface area contributed by atoms with Crippen LogP contribution in [0.25, 0.3) is 11.5 Å². The molecule has 4 heteroatoms. The smallest absolute Gasteiger partial charge is 0.247 e. The van der Waals surface area contributed by atoms with Crippen molar-refractivity contribution in [3.8, 4) is 11.5 Å². The minimum atomic E-state index is 0.590. The van der Waals surface area contributed by atoms with Gasteiger partial charge in [-0.2, -0.15) is 0 Å². The summed E-state index contributed by atoms with van der Waals surface area (Å²) in [6, 6.07) is 20.4. The van der Waals surface area contributed by atoms with Crippen LogP contribution in [0.15, 0.2) is 65.1 Å². The van der Waals surface area contributed by atoms with E-state index in [0.717, 1.165) is 31.6 Å². The molecule has 1 aromatic heterocycles. The fourth-order valence-electron chi connectivity index (χ4n) is 2.50. The number of nitrogens with zero attached hydrogens (tertiary/aromatic N) is 3. The minimum Gasteiger partial charge on any atom is -0.421 e. The van der Waals surface area contributed by atoms with Gasteiger partial charge in [0.05, 0.1) is 0 Å². The number of hydrogen-bond acceptors (Lipinski definition) is 4. The molecule has 1 heterocycles. The van der Waals surface area contributed by atoms with Gasteiger partial charge in [0.1, 0.15) is 0 Å². The lowest BCUT2D eigenvalue weighted by molar-refractivity contribution is 0.275. The van der Waals surface area contributed by atoms with Crippen molar-refractivity contribution in [2.75, 3.05) is 13.1 Å². The lowest BCUT2D eigenvalue weighted by atomic mass is 10.2. The maximum atomic E-state index is 5.77. The highest BCUT2D eigenvalue weighted by Gasteiger charge is 2.10. The average Bonchev–Trinajstić information content (AvgIpc) is 3.09. The van der Waals surface area contributed by atoms with Crippen LogP contribution in [0, 0.1) is 0 Å². The van der Waals surface area contributed by atoms with Gasteiger partial charge in [-0.1, -0.05) is 55.5 Å². The molecule has 0 bridgehead atoms. The maximum Gasteiger partial charge on any atom is 0.247 e. The Kier molecular flexibility index (Phi) is 5.17. The SMILES string of the molecule is CCN(CCc1nnc(-c2ccccc2)o1)Cc1ccccc1. The van der Waals surface area contributed by atoms with E-state index in [9.17, 15) is 0 Å². The number of likely N-dealkylation sites (N-methyl/N-ethyl adjacent to an activating group) is 1. The van der Waals surface area contributed by atoms with E-state index in [0.29, 0.717) is 11.8 Å². The molecule has 2 aromatic carbocycles. The zero-order valence-electron chi connectivity index (χ0n) is 13.4. The summed E-state index contributed by atoms with van der Waals surface area (Å²) >= 11 is 0. The molecule has 4 nitrogen and oxygen atoms in total. The zero-order valence-corrected chi connectivity index (χ0v) is 13.4. The van der Waals surface area contributed by atoms with Crippen LogP contribution in [-0.2, 0) is 13.0 Å². The molecule has 0 saturated heterocycles. The standard InChI is InChI=1S/C19H21N3O/c1-2-22(15-16-9-5-3-6-10-16)14-13-18-20-21-19(23-18)17-11-7-4-8-12-17/h3-12H,2,13-15H2,1H3. The normalized spacial score (nSPS) is 11.0. The molecule has 23 heavy (non-hydrogen) atoms. The van der Waals surface area contributed by atoms with Crippen LogP contribution in [0.2, 0.25) is 0 Å². The Bertz CT molecular complexity index is 710. The Morgan fingerprint density at radius 3 is 2.30 bits per heavy atom. The topological polar surface area (TPSA) is 42.2 Å². The Hall–Kier alpha value is -2.46. The molecule has 0 aliphatic rings. The fraction of sp³-hybridized carbons (Fsp3) is 0.263. The molecular weight excluding hydrogens is 286 g/mol. The van der Waals surface area contributed by atoms with E-state index in [1.54, 1.807) is 0 Å². The van der Waals surface area contributed by atoms with Gasteiger partial charge in [-0.25, -0.2) is 0 Å². The number of benzene rings is 2. The second kappa shape index (κ2) is 7.70. The first-order valence-corrected chi connectivity index (χ1v) is 7.99. The van der Waals surface area contributed by atoms with E-state index in [2.05, 4.69) is 46.3 Å². The minimum absolute atomic E-state index is 0.590. The van der Waals surface area contributed by atoms with Crippen molar-refractivity contribution in [3.05, 3.63) is 72.1 Å². The van der Waals surface area contributed by atoms with Gasteiger partial charge >= 0.3 is 0 Å². The quantitative estimate of drug-likeness (QED) is 0.666. The van der Waals surface area contributed by atoms with Gasteiger partial charge in [0.25, 0.3) is 0 Å². The molecule has 0 fully saturated rings. The fourth-order valence-corrected chi connectivity index (χ4v) is 2.50. The Labute approximate surface area is 136 Å². The van der Waals surface area contributed by atoms with Crippen molar-refractivity contribution in [2.45, 2.75) is 19.9 Å². The third-order valence-corrected chi connectivity index (χ3v) is 3.83. The van der Waals surface area contributed by atoms with Gasteiger partial charge in [-0.3, -0.25) is 4.90 Å². The summed E-state index contributed by atoms with van der Waals surface area (Å²) in [6.45, 7) is 5.01. The third kappa shape index (κ3) is 4.27. The molecule has 3 rings (SSSR count). The van der Waals surface area contributed by atoms with Crippen LogP contribution in [0.1, 0.15) is 18.4 Å². The lowest BCUT2D eigenvalue weighted by Crippen LogP contribution is -2.25. The van der Waals surface area contributed by atoms with Crippen molar-refractivity contribution in [3.63, 3.8) is 0 Å². The monoisotopic (exact) mass is 307 g/mol. The highest BCUT2D eigenvalue weighted by atomic mass is 16.4. The second-order valence-electron chi connectivity index (χ2n) is 5.47. The van der Waals surface area contributed by atoms with Gasteiger partial charge < -0.3 is 4.42 Å². The van der Waals surface area contributed by atoms with Gasteiger partial charge in [0.15, 0.2) is 0 Å². The summed E-state index contributed by atoms with van der Waals surface area (Å²) in [7, 11) is 0. The predicted octanol–water partition coefficient (Wildman–Crippen LogP) is 3.80. The second-order valence-corrected chi connectivity index (χ2v) is 5.47. The molecular formula is C19H21N3O. The molecule has 0 aliphatic carbocycles. The van der Waals surface area contributed by atoms with E-state index < -0.39 is 0 Å². The highest BCUT2D eigenvalue weighted by molar-refractivity contribution is 5.51. The van der Waals surface area contributed by atoms with E-state index in [4.69, 9.17) is 4.42 Å². The van der Waals surface area contributed by atoms with E-state index in [1.807, 2.05) is 36.4 Å². The van der Waals surface area contributed by atoms with Crippen molar-refractivity contribution in [1.82, 2.24) is 15.1 Å². The summed E-state index contributed by atoms with van der Waals surface area (Å²) in [5, 5.41) is 8.30. The zero-order chi connectivity index (χ0) is 15.9. The molecule has 0 N–H and O–H groups in total. The highest BCUT2D eigenvalue weighted by Crippen LogP contribution is 2.17. The number of hydrogen-bond donors (Lipinski definition) is 0. The van der Waals surface area contributed by atoms with E-state index >= 15 is 0 Å². The molecule has 0 saturated carbocycles. The maximum absolute atomic E-state index is 5.77. The largest absolute Gasteiger partial charge is 0.421 e. The van der Waals surface area contributed by atoms with Crippen LogP contribution in [0.3, 0.4) is 0 Å². The Balaban J connectivity index is 1.58. The molecule has 0 atom stereocenters. The van der Waals surface area contributed by atoms with Crippen LogP contribution in [-0.4, -0.2) is 28.2 Å². The van der Waals surface area contributed by atoms with Crippen LogP contribution in [0.4, 0.5) is 0 Å².